The first-order valence-corrected chi connectivity index (χ1v) is 6.15. The van der Waals surface area contributed by atoms with E-state index < -0.39 is 6.04 Å². The quantitative estimate of drug-likeness (QED) is 0.872. The molecule has 0 bridgehead atoms. The van der Waals surface area contributed by atoms with Crippen LogP contribution in [0.15, 0.2) is 18.5 Å². The molecule has 0 aromatic carbocycles. The van der Waals surface area contributed by atoms with Crippen molar-refractivity contribution in [2.24, 2.45) is 0 Å². The number of halogens is 1. The lowest BCUT2D eigenvalue weighted by Gasteiger charge is -2.23. The summed E-state index contributed by atoms with van der Waals surface area (Å²) < 4.78 is 0. The number of amides is 2. The Morgan fingerprint density at radius 2 is 2.33 bits per heavy atom. The van der Waals surface area contributed by atoms with Crippen LogP contribution in [0, 0.1) is 0 Å². The molecule has 18 heavy (non-hydrogen) atoms. The molecule has 1 unspecified atom stereocenters. The molecule has 2 rings (SSSR count). The van der Waals surface area contributed by atoms with Crippen molar-refractivity contribution in [2.45, 2.75) is 18.9 Å². The highest BCUT2D eigenvalue weighted by molar-refractivity contribution is 6.33. The van der Waals surface area contributed by atoms with Crippen LogP contribution >= 0.6 is 11.6 Å². The van der Waals surface area contributed by atoms with Crippen molar-refractivity contribution in [3.05, 3.63) is 29.0 Å². The number of likely N-dealkylation sites (tertiary alicyclic amines) is 1. The van der Waals surface area contributed by atoms with Gasteiger partial charge in [-0.1, -0.05) is 11.6 Å². The minimum atomic E-state index is -0.397. The first kappa shape index (κ1) is 12.8. The molecule has 1 N–H and O–H groups in total. The van der Waals surface area contributed by atoms with Crippen molar-refractivity contribution >= 4 is 23.4 Å². The summed E-state index contributed by atoms with van der Waals surface area (Å²) in [5.74, 6) is -0.348. The summed E-state index contributed by atoms with van der Waals surface area (Å²) in [7, 11) is 1.57. The number of rotatable bonds is 2. The van der Waals surface area contributed by atoms with Gasteiger partial charge in [-0.25, -0.2) is 0 Å². The molecular weight excluding hydrogens is 254 g/mol. The number of hydrogen-bond donors (Lipinski definition) is 1. The Labute approximate surface area is 110 Å². The van der Waals surface area contributed by atoms with Gasteiger partial charge < -0.3 is 10.2 Å². The van der Waals surface area contributed by atoms with E-state index >= 15 is 0 Å². The first-order valence-electron chi connectivity index (χ1n) is 5.77. The molecule has 6 heteroatoms. The maximum Gasteiger partial charge on any atom is 0.256 e. The molecule has 1 aliphatic rings. The minimum Gasteiger partial charge on any atom is -0.357 e. The molecule has 0 radical (unpaired) electrons. The number of hydrogen-bond acceptors (Lipinski definition) is 3. The molecule has 1 aromatic rings. The summed E-state index contributed by atoms with van der Waals surface area (Å²) in [5, 5.41) is 2.89. The Morgan fingerprint density at radius 1 is 1.56 bits per heavy atom. The van der Waals surface area contributed by atoms with Gasteiger partial charge in [0.1, 0.15) is 6.04 Å². The van der Waals surface area contributed by atoms with Gasteiger partial charge in [0, 0.05) is 26.0 Å². The molecule has 2 amide bonds. The maximum absolute atomic E-state index is 12.3. The molecule has 0 saturated carbocycles. The zero-order chi connectivity index (χ0) is 13.1. The third-order valence-electron chi connectivity index (χ3n) is 3.07. The van der Waals surface area contributed by atoms with Crippen molar-refractivity contribution in [1.29, 1.82) is 0 Å². The lowest BCUT2D eigenvalue weighted by molar-refractivity contribution is -0.124. The fourth-order valence-electron chi connectivity index (χ4n) is 2.15. The first-order chi connectivity index (χ1) is 8.65. The predicted molar refractivity (Wildman–Crippen MR) is 67.4 cm³/mol. The lowest BCUT2D eigenvalue weighted by Crippen LogP contribution is -2.45. The molecule has 0 aliphatic carbocycles. The zero-order valence-electron chi connectivity index (χ0n) is 10.0. The fraction of sp³-hybridized carbons (Fsp3) is 0.417. The normalized spacial score (nSPS) is 18.8. The number of nitrogens with one attached hydrogen (secondary N) is 1. The van der Waals surface area contributed by atoms with E-state index in [4.69, 9.17) is 11.6 Å². The van der Waals surface area contributed by atoms with E-state index in [-0.39, 0.29) is 11.8 Å². The number of pyridine rings is 1. The average molecular weight is 268 g/mol. The third-order valence-corrected chi connectivity index (χ3v) is 3.37. The Balaban J connectivity index is 2.23. The van der Waals surface area contributed by atoms with Crippen LogP contribution in [-0.2, 0) is 4.79 Å². The summed E-state index contributed by atoms with van der Waals surface area (Å²) in [4.78, 5) is 29.4. The van der Waals surface area contributed by atoms with Crippen molar-refractivity contribution in [2.75, 3.05) is 13.6 Å². The molecule has 1 saturated heterocycles. The largest absolute Gasteiger partial charge is 0.357 e. The molecule has 96 valence electrons. The van der Waals surface area contributed by atoms with Crippen LogP contribution in [0.1, 0.15) is 23.2 Å². The highest BCUT2D eigenvalue weighted by atomic mass is 35.5. The van der Waals surface area contributed by atoms with Gasteiger partial charge in [0.2, 0.25) is 5.91 Å². The third kappa shape index (κ3) is 2.31. The second-order valence-corrected chi connectivity index (χ2v) is 4.53. The van der Waals surface area contributed by atoms with Gasteiger partial charge in [0.15, 0.2) is 0 Å². The van der Waals surface area contributed by atoms with E-state index in [2.05, 4.69) is 10.3 Å². The minimum absolute atomic E-state index is 0.133. The van der Waals surface area contributed by atoms with Crippen molar-refractivity contribution < 1.29 is 9.59 Å². The van der Waals surface area contributed by atoms with E-state index in [9.17, 15) is 9.59 Å². The topological polar surface area (TPSA) is 62.3 Å². The van der Waals surface area contributed by atoms with E-state index in [1.807, 2.05) is 0 Å². The summed E-state index contributed by atoms with van der Waals surface area (Å²) >= 11 is 5.95. The number of carbonyl (C=O) groups excluding carboxylic acids is 2. The van der Waals surface area contributed by atoms with Gasteiger partial charge in [0.25, 0.3) is 5.91 Å². The smallest absolute Gasteiger partial charge is 0.256 e. The molecule has 1 aliphatic heterocycles. The lowest BCUT2D eigenvalue weighted by atomic mass is 10.2. The molecular formula is C12H14ClN3O2. The van der Waals surface area contributed by atoms with E-state index in [0.717, 1.165) is 6.42 Å². The van der Waals surface area contributed by atoms with Gasteiger partial charge in [-0.2, -0.15) is 0 Å². The van der Waals surface area contributed by atoms with Crippen LogP contribution in [0.5, 0.6) is 0 Å². The standard InChI is InChI=1S/C12H14ClN3O2/c1-14-11(17)10-3-2-6-16(10)12(18)8-4-5-15-7-9(8)13/h4-5,7,10H,2-3,6H2,1H3,(H,14,17). The van der Waals surface area contributed by atoms with Crippen molar-refractivity contribution in [3.63, 3.8) is 0 Å². The van der Waals surface area contributed by atoms with Crippen LogP contribution in [0.2, 0.25) is 5.02 Å². The van der Waals surface area contributed by atoms with E-state index in [1.54, 1.807) is 18.0 Å². The highest BCUT2D eigenvalue weighted by Crippen LogP contribution is 2.23. The summed E-state index contributed by atoms with van der Waals surface area (Å²) in [6.07, 6.45) is 4.46. The molecule has 5 nitrogen and oxygen atoms in total. The van der Waals surface area contributed by atoms with Crippen molar-refractivity contribution in [3.8, 4) is 0 Å². The second kappa shape index (κ2) is 5.35. The molecule has 0 spiro atoms. The van der Waals surface area contributed by atoms with Gasteiger partial charge in [0.05, 0.1) is 10.6 Å². The number of aromatic nitrogens is 1. The predicted octanol–water partition coefficient (Wildman–Crippen LogP) is 1.09. The number of likely N-dealkylation sites (N-methyl/N-ethyl adjacent to an activating group) is 1. The summed E-state index contributed by atoms with van der Waals surface area (Å²) in [6, 6.07) is 1.18. The Hall–Kier alpha value is -1.62. The van der Waals surface area contributed by atoms with Gasteiger partial charge in [-0.05, 0) is 18.9 Å². The summed E-state index contributed by atoms with van der Waals surface area (Å²) in [5.41, 5.74) is 0.391. The number of nitrogens with zero attached hydrogens (tertiary/aromatic N) is 2. The Morgan fingerprint density at radius 3 is 3.00 bits per heavy atom. The average Bonchev–Trinajstić information content (AvgIpc) is 2.86. The van der Waals surface area contributed by atoms with E-state index in [1.165, 1.54) is 12.4 Å². The second-order valence-electron chi connectivity index (χ2n) is 4.13. The highest BCUT2D eigenvalue weighted by Gasteiger charge is 2.34. The molecule has 1 fully saturated rings. The van der Waals surface area contributed by atoms with Crippen LogP contribution in [0.4, 0.5) is 0 Å². The van der Waals surface area contributed by atoms with E-state index in [0.29, 0.717) is 23.6 Å². The van der Waals surface area contributed by atoms with Crippen LogP contribution in [0.25, 0.3) is 0 Å². The van der Waals surface area contributed by atoms with Gasteiger partial charge in [-0.15, -0.1) is 0 Å². The zero-order valence-corrected chi connectivity index (χ0v) is 10.8. The fourth-order valence-corrected chi connectivity index (χ4v) is 2.35. The molecule has 1 aromatic heterocycles. The SMILES string of the molecule is CNC(=O)C1CCCN1C(=O)c1ccncc1Cl. The van der Waals surface area contributed by atoms with Gasteiger partial charge in [-0.3, -0.25) is 14.6 Å². The maximum atomic E-state index is 12.3. The Kier molecular flexibility index (Phi) is 3.81. The Bertz CT molecular complexity index is 478. The molecule has 1 atom stereocenters. The number of carbonyl (C=O) groups is 2. The van der Waals surface area contributed by atoms with Gasteiger partial charge >= 0.3 is 0 Å². The molecule has 2 heterocycles. The van der Waals surface area contributed by atoms with Crippen molar-refractivity contribution in [1.82, 2.24) is 15.2 Å². The summed E-state index contributed by atoms with van der Waals surface area (Å²) in [6.45, 7) is 0.579. The van der Waals surface area contributed by atoms with Crippen LogP contribution < -0.4 is 5.32 Å². The van der Waals surface area contributed by atoms with Crippen LogP contribution in [0.3, 0.4) is 0 Å². The van der Waals surface area contributed by atoms with Crippen LogP contribution in [-0.4, -0.2) is 41.3 Å². The monoisotopic (exact) mass is 267 g/mol.